The van der Waals surface area contributed by atoms with Gasteiger partial charge in [-0.05, 0) is 30.0 Å². The van der Waals surface area contributed by atoms with Crippen molar-refractivity contribution in [2.24, 2.45) is 11.8 Å². The average molecular weight is 472 g/mol. The smallest absolute Gasteiger partial charge is 0.475 e. The molecule has 2 aliphatic heterocycles. The Hall–Kier alpha value is -2.57. The number of aliphatic carboxylic acids is 1. The summed E-state index contributed by atoms with van der Waals surface area (Å²) in [5.41, 5.74) is 1.92. The number of thiophene rings is 1. The molecule has 0 unspecified atom stereocenters. The molecular weight excluding hydrogens is 449 g/mol. The second-order valence-electron chi connectivity index (χ2n) is 7.66. The zero-order valence-corrected chi connectivity index (χ0v) is 18.0. The van der Waals surface area contributed by atoms with Gasteiger partial charge in [-0.25, -0.2) is 4.79 Å². The van der Waals surface area contributed by atoms with Crippen LogP contribution in [-0.4, -0.2) is 70.6 Å². The zero-order valence-electron chi connectivity index (χ0n) is 17.2. The van der Waals surface area contributed by atoms with Crippen molar-refractivity contribution in [3.8, 4) is 0 Å². The van der Waals surface area contributed by atoms with E-state index in [1.54, 1.807) is 6.07 Å². The van der Waals surface area contributed by atoms with E-state index >= 15 is 0 Å². The summed E-state index contributed by atoms with van der Waals surface area (Å²) in [4.78, 5) is 25.0. The van der Waals surface area contributed by atoms with Crippen LogP contribution in [0.4, 0.5) is 13.2 Å². The number of hydrogen-bond donors (Lipinski definition) is 2. The average Bonchev–Trinajstić information content (AvgIpc) is 3.44. The Bertz CT molecular complexity index is 925. The molecule has 0 aliphatic carbocycles. The van der Waals surface area contributed by atoms with Crippen LogP contribution in [0.3, 0.4) is 0 Å². The quantitative estimate of drug-likeness (QED) is 0.688. The number of carboxylic acid groups (broad SMARTS) is 1. The second kappa shape index (κ2) is 10.4. The zero-order chi connectivity index (χ0) is 23.3. The third-order valence-corrected chi connectivity index (χ3v) is 6.47. The molecule has 1 amide bonds. The number of nitrogens with zero attached hydrogens (tertiary/aromatic N) is 3. The van der Waals surface area contributed by atoms with Crippen molar-refractivity contribution >= 4 is 23.2 Å². The summed E-state index contributed by atoms with van der Waals surface area (Å²) >= 11 is 1.83. The van der Waals surface area contributed by atoms with Crippen LogP contribution in [0.2, 0.25) is 0 Å². The molecule has 32 heavy (non-hydrogen) atoms. The van der Waals surface area contributed by atoms with Gasteiger partial charge in [0.2, 0.25) is 0 Å². The van der Waals surface area contributed by atoms with Gasteiger partial charge in [0, 0.05) is 42.9 Å². The molecule has 2 aromatic rings. The topological polar surface area (TPSA) is 105 Å². The minimum absolute atomic E-state index is 0.0950. The van der Waals surface area contributed by atoms with Crippen LogP contribution in [0.5, 0.6) is 0 Å². The first-order chi connectivity index (χ1) is 15.1. The summed E-state index contributed by atoms with van der Waals surface area (Å²) in [5.74, 6) is -1.98. The molecule has 0 spiro atoms. The molecule has 4 rings (SSSR count). The number of ether oxygens (including phenoxy) is 1. The number of aromatic nitrogens is 2. The van der Waals surface area contributed by atoms with Gasteiger partial charge in [0.05, 0.1) is 30.7 Å². The van der Waals surface area contributed by atoms with E-state index in [9.17, 15) is 18.0 Å². The predicted octanol–water partition coefficient (Wildman–Crippen LogP) is 2.36. The Morgan fingerprint density at radius 2 is 2.06 bits per heavy atom. The number of carboxylic acids is 1. The fourth-order valence-electron chi connectivity index (χ4n) is 3.74. The lowest BCUT2D eigenvalue weighted by atomic mass is 9.93. The summed E-state index contributed by atoms with van der Waals surface area (Å²) in [6.45, 7) is 6.58. The van der Waals surface area contributed by atoms with E-state index in [-0.39, 0.29) is 5.91 Å². The first kappa shape index (κ1) is 24.1. The molecule has 174 valence electrons. The van der Waals surface area contributed by atoms with Crippen LogP contribution < -0.4 is 5.32 Å². The van der Waals surface area contributed by atoms with E-state index in [0.717, 1.165) is 26.2 Å². The second-order valence-corrected chi connectivity index (χ2v) is 8.66. The molecule has 2 saturated heterocycles. The van der Waals surface area contributed by atoms with Gasteiger partial charge in [-0.2, -0.15) is 23.4 Å². The third-order valence-electron chi connectivity index (χ3n) is 5.46. The van der Waals surface area contributed by atoms with Crippen molar-refractivity contribution in [1.29, 1.82) is 0 Å². The van der Waals surface area contributed by atoms with Crippen molar-refractivity contribution in [3.63, 3.8) is 0 Å². The van der Waals surface area contributed by atoms with Crippen LogP contribution in [0.1, 0.15) is 20.8 Å². The maximum Gasteiger partial charge on any atom is 0.490 e. The van der Waals surface area contributed by atoms with Crippen molar-refractivity contribution in [1.82, 2.24) is 20.4 Å². The lowest BCUT2D eigenvalue weighted by Gasteiger charge is -2.19. The van der Waals surface area contributed by atoms with E-state index in [1.807, 2.05) is 11.3 Å². The van der Waals surface area contributed by atoms with Gasteiger partial charge in [-0.3, -0.25) is 9.69 Å². The van der Waals surface area contributed by atoms with Gasteiger partial charge in [0.1, 0.15) is 0 Å². The monoisotopic (exact) mass is 472 g/mol. The lowest BCUT2D eigenvalue weighted by molar-refractivity contribution is -0.192. The molecule has 2 fully saturated rings. The minimum Gasteiger partial charge on any atom is -0.475 e. The first-order valence-electron chi connectivity index (χ1n) is 9.87. The molecule has 0 radical (unpaired) electrons. The summed E-state index contributed by atoms with van der Waals surface area (Å²) in [5, 5.41) is 19.8. The number of likely N-dealkylation sites (tertiary alicyclic amines) is 1. The highest BCUT2D eigenvalue weighted by molar-refractivity contribution is 7.10. The molecule has 2 aliphatic rings. The van der Waals surface area contributed by atoms with Crippen LogP contribution in [0.25, 0.3) is 0 Å². The highest BCUT2D eigenvalue weighted by Gasteiger charge is 2.43. The number of nitrogens with one attached hydrogen (secondary N) is 1. The molecule has 0 saturated carbocycles. The number of halogens is 3. The predicted molar refractivity (Wildman–Crippen MR) is 109 cm³/mol. The third kappa shape index (κ3) is 6.24. The van der Waals surface area contributed by atoms with Crippen LogP contribution in [0.15, 0.2) is 29.9 Å². The number of amides is 1. The fourth-order valence-corrected chi connectivity index (χ4v) is 4.69. The van der Waals surface area contributed by atoms with Crippen LogP contribution in [-0.2, 0) is 16.1 Å². The molecule has 0 aromatic carbocycles. The van der Waals surface area contributed by atoms with Gasteiger partial charge in [0.25, 0.3) is 5.91 Å². The highest BCUT2D eigenvalue weighted by atomic mass is 32.1. The molecule has 2 aromatic heterocycles. The van der Waals surface area contributed by atoms with Gasteiger partial charge in [-0.1, -0.05) is 0 Å². The summed E-state index contributed by atoms with van der Waals surface area (Å²) in [6.07, 6.45) is -1.76. The van der Waals surface area contributed by atoms with Crippen molar-refractivity contribution < 1.29 is 32.6 Å². The largest absolute Gasteiger partial charge is 0.490 e. The summed E-state index contributed by atoms with van der Waals surface area (Å²) < 4.78 is 37.7. The van der Waals surface area contributed by atoms with Gasteiger partial charge in [0.15, 0.2) is 0 Å². The normalized spacial score (nSPS) is 22.7. The Balaban J connectivity index is 0.000000360. The molecule has 2 N–H and O–H groups in total. The maximum absolute atomic E-state index is 12.2. The SMILES string of the molecule is Cc1ccsc1CN1C[C@@H]2[C@H](CNC(=O)c3ccnnc3)CO[C@@H]2C1.O=C(O)C(F)(F)F. The van der Waals surface area contributed by atoms with E-state index in [4.69, 9.17) is 14.6 Å². The Labute approximate surface area is 186 Å². The summed E-state index contributed by atoms with van der Waals surface area (Å²) in [6, 6.07) is 3.86. The molecule has 12 heteroatoms. The van der Waals surface area contributed by atoms with Crippen molar-refractivity contribution in [3.05, 3.63) is 45.9 Å². The van der Waals surface area contributed by atoms with Gasteiger partial charge < -0.3 is 15.2 Å². The Kier molecular flexibility index (Phi) is 7.80. The fraction of sp³-hybridized carbons (Fsp3) is 0.500. The minimum atomic E-state index is -5.08. The van der Waals surface area contributed by atoms with E-state index in [2.05, 4.69) is 38.8 Å². The number of rotatable bonds is 5. The first-order valence-corrected chi connectivity index (χ1v) is 10.7. The molecule has 8 nitrogen and oxygen atoms in total. The standard InChI is InChI=1S/C18H22N4O2S.C2HF3O2/c1-12-3-5-25-17(12)10-22-8-15-14(11-24-16(15)9-22)6-19-18(23)13-2-4-20-21-7-13;3-2(4,5)1(6)7/h2-5,7,14-16H,6,8-11H2,1H3,(H,19,23);(H,6,7)/t14-,15-,16-;/m1./s1. The van der Waals surface area contributed by atoms with Gasteiger partial charge in [-0.15, -0.1) is 11.3 Å². The number of aryl methyl sites for hydroxylation is 1. The van der Waals surface area contributed by atoms with E-state index < -0.39 is 12.1 Å². The number of hydrogen-bond acceptors (Lipinski definition) is 7. The lowest BCUT2D eigenvalue weighted by Crippen LogP contribution is -2.34. The molecular formula is C20H23F3N4O4S. The maximum atomic E-state index is 12.2. The van der Waals surface area contributed by atoms with Crippen molar-refractivity contribution in [2.75, 3.05) is 26.2 Å². The van der Waals surface area contributed by atoms with Crippen LogP contribution in [0, 0.1) is 18.8 Å². The van der Waals surface area contributed by atoms with Crippen molar-refractivity contribution in [2.45, 2.75) is 25.7 Å². The molecule has 4 heterocycles. The van der Waals surface area contributed by atoms with Gasteiger partial charge >= 0.3 is 12.1 Å². The molecule has 3 atom stereocenters. The number of alkyl halides is 3. The Morgan fingerprint density at radius 1 is 1.31 bits per heavy atom. The van der Waals surface area contributed by atoms with Crippen LogP contribution >= 0.6 is 11.3 Å². The number of carbonyl (C=O) groups excluding carboxylic acids is 1. The Morgan fingerprint density at radius 3 is 2.66 bits per heavy atom. The van der Waals surface area contributed by atoms with E-state index in [0.29, 0.717) is 30.0 Å². The van der Waals surface area contributed by atoms with E-state index in [1.165, 1.54) is 22.8 Å². The highest BCUT2D eigenvalue weighted by Crippen LogP contribution is 2.34. The molecule has 0 bridgehead atoms. The number of carbonyl (C=O) groups is 2. The summed E-state index contributed by atoms with van der Waals surface area (Å²) in [7, 11) is 0. The number of fused-ring (bicyclic) bond motifs is 1.